The van der Waals surface area contributed by atoms with E-state index < -0.39 is 0 Å². The number of para-hydroxylation sites is 1. The van der Waals surface area contributed by atoms with Gasteiger partial charge in [0, 0.05) is 24.4 Å². The predicted octanol–water partition coefficient (Wildman–Crippen LogP) is 1.99. The SMILES string of the molecule is CC(NC(=O)CC1COCCN1)c1cc2ccccc2o1. The fraction of sp³-hybridized carbons (Fsp3) is 0.438. The first-order chi connectivity index (χ1) is 10.2. The van der Waals surface area contributed by atoms with E-state index in [2.05, 4.69) is 10.6 Å². The number of hydrogen-bond donors (Lipinski definition) is 2. The third-order valence-corrected chi connectivity index (χ3v) is 3.68. The Bertz CT molecular complexity index is 584. The predicted molar refractivity (Wildman–Crippen MR) is 80.0 cm³/mol. The number of morpholine rings is 1. The van der Waals surface area contributed by atoms with E-state index in [0.29, 0.717) is 19.6 Å². The third kappa shape index (κ3) is 3.43. The van der Waals surface area contributed by atoms with Crippen LogP contribution in [0.15, 0.2) is 34.7 Å². The Labute approximate surface area is 123 Å². The van der Waals surface area contributed by atoms with E-state index in [1.807, 2.05) is 37.3 Å². The van der Waals surface area contributed by atoms with E-state index >= 15 is 0 Å². The van der Waals surface area contributed by atoms with Gasteiger partial charge in [-0.3, -0.25) is 4.79 Å². The van der Waals surface area contributed by atoms with Gasteiger partial charge in [0.15, 0.2) is 0 Å². The van der Waals surface area contributed by atoms with Crippen molar-refractivity contribution in [3.05, 3.63) is 36.1 Å². The average molecular weight is 288 g/mol. The first kappa shape index (κ1) is 14.1. The van der Waals surface area contributed by atoms with E-state index in [-0.39, 0.29) is 18.0 Å². The molecule has 1 aliphatic heterocycles. The van der Waals surface area contributed by atoms with Crippen LogP contribution in [0.4, 0.5) is 0 Å². The maximum Gasteiger partial charge on any atom is 0.222 e. The summed E-state index contributed by atoms with van der Waals surface area (Å²) >= 11 is 0. The van der Waals surface area contributed by atoms with Crippen LogP contribution < -0.4 is 10.6 Å². The number of nitrogens with one attached hydrogen (secondary N) is 2. The first-order valence-electron chi connectivity index (χ1n) is 7.31. The van der Waals surface area contributed by atoms with Gasteiger partial charge in [-0.05, 0) is 19.1 Å². The summed E-state index contributed by atoms with van der Waals surface area (Å²) in [5, 5.41) is 7.30. The lowest BCUT2D eigenvalue weighted by molar-refractivity contribution is -0.123. The van der Waals surface area contributed by atoms with Crippen molar-refractivity contribution in [1.29, 1.82) is 0 Å². The van der Waals surface area contributed by atoms with Gasteiger partial charge in [-0.15, -0.1) is 0 Å². The van der Waals surface area contributed by atoms with Crippen LogP contribution in [0.3, 0.4) is 0 Å². The molecule has 1 aliphatic rings. The molecule has 2 N–H and O–H groups in total. The van der Waals surface area contributed by atoms with Crippen LogP contribution in [0.25, 0.3) is 11.0 Å². The molecule has 1 aromatic carbocycles. The van der Waals surface area contributed by atoms with Gasteiger partial charge in [-0.1, -0.05) is 18.2 Å². The van der Waals surface area contributed by atoms with Crippen molar-refractivity contribution in [1.82, 2.24) is 10.6 Å². The van der Waals surface area contributed by atoms with Crippen LogP contribution in [-0.2, 0) is 9.53 Å². The molecule has 1 fully saturated rings. The van der Waals surface area contributed by atoms with E-state index in [1.165, 1.54) is 0 Å². The first-order valence-corrected chi connectivity index (χ1v) is 7.31. The van der Waals surface area contributed by atoms with Gasteiger partial charge in [0.1, 0.15) is 11.3 Å². The van der Waals surface area contributed by atoms with Crippen molar-refractivity contribution in [2.45, 2.75) is 25.4 Å². The Morgan fingerprint density at radius 1 is 1.48 bits per heavy atom. The van der Waals surface area contributed by atoms with Gasteiger partial charge in [0.2, 0.25) is 5.91 Å². The highest BCUT2D eigenvalue weighted by Gasteiger charge is 2.19. The monoisotopic (exact) mass is 288 g/mol. The second-order valence-electron chi connectivity index (χ2n) is 5.41. The molecule has 21 heavy (non-hydrogen) atoms. The molecule has 2 heterocycles. The molecule has 5 nitrogen and oxygen atoms in total. The second kappa shape index (κ2) is 6.28. The molecule has 0 bridgehead atoms. The number of benzene rings is 1. The van der Waals surface area contributed by atoms with Crippen molar-refractivity contribution in [2.75, 3.05) is 19.8 Å². The summed E-state index contributed by atoms with van der Waals surface area (Å²) in [5.74, 6) is 0.781. The minimum atomic E-state index is -0.144. The molecule has 0 spiro atoms. The van der Waals surface area contributed by atoms with Gasteiger partial charge in [-0.25, -0.2) is 0 Å². The van der Waals surface area contributed by atoms with Crippen LogP contribution in [-0.4, -0.2) is 31.7 Å². The Morgan fingerprint density at radius 3 is 3.10 bits per heavy atom. The Morgan fingerprint density at radius 2 is 2.33 bits per heavy atom. The maximum absolute atomic E-state index is 12.1. The van der Waals surface area contributed by atoms with Crippen molar-refractivity contribution in [2.24, 2.45) is 0 Å². The summed E-state index contributed by atoms with van der Waals surface area (Å²) in [6, 6.07) is 9.77. The van der Waals surface area contributed by atoms with Gasteiger partial charge in [-0.2, -0.15) is 0 Å². The molecule has 2 aromatic rings. The molecule has 112 valence electrons. The molecular formula is C16H20N2O3. The molecular weight excluding hydrogens is 268 g/mol. The number of hydrogen-bond acceptors (Lipinski definition) is 4. The number of carbonyl (C=O) groups is 1. The minimum Gasteiger partial charge on any atom is -0.459 e. The third-order valence-electron chi connectivity index (χ3n) is 3.68. The van der Waals surface area contributed by atoms with Crippen molar-refractivity contribution < 1.29 is 13.9 Å². The molecule has 5 heteroatoms. The van der Waals surface area contributed by atoms with Gasteiger partial charge >= 0.3 is 0 Å². The smallest absolute Gasteiger partial charge is 0.222 e. The number of ether oxygens (including phenoxy) is 1. The Hall–Kier alpha value is -1.85. The average Bonchev–Trinajstić information content (AvgIpc) is 2.92. The van der Waals surface area contributed by atoms with Crippen LogP contribution in [0.1, 0.15) is 25.1 Å². The summed E-state index contributed by atoms with van der Waals surface area (Å²) in [7, 11) is 0. The van der Waals surface area contributed by atoms with E-state index in [9.17, 15) is 4.79 Å². The summed E-state index contributed by atoms with van der Waals surface area (Å²) in [5.41, 5.74) is 0.843. The highest BCUT2D eigenvalue weighted by molar-refractivity contribution is 5.79. The van der Waals surface area contributed by atoms with Gasteiger partial charge in [0.05, 0.1) is 19.3 Å². The quantitative estimate of drug-likeness (QED) is 0.903. The molecule has 1 saturated heterocycles. The minimum absolute atomic E-state index is 0.00551. The molecule has 0 radical (unpaired) electrons. The van der Waals surface area contributed by atoms with Crippen LogP contribution in [0, 0.1) is 0 Å². The largest absolute Gasteiger partial charge is 0.459 e. The van der Waals surface area contributed by atoms with Crippen LogP contribution in [0.5, 0.6) is 0 Å². The van der Waals surface area contributed by atoms with Crippen LogP contribution in [0.2, 0.25) is 0 Å². The molecule has 0 aliphatic carbocycles. The summed E-state index contributed by atoms with van der Waals surface area (Å²) < 4.78 is 11.1. The summed E-state index contributed by atoms with van der Waals surface area (Å²) in [6.45, 7) is 4.04. The zero-order valence-corrected chi connectivity index (χ0v) is 12.1. The zero-order chi connectivity index (χ0) is 14.7. The molecule has 1 aromatic heterocycles. The van der Waals surface area contributed by atoms with Crippen molar-refractivity contribution >= 4 is 16.9 Å². The van der Waals surface area contributed by atoms with Gasteiger partial charge in [0.25, 0.3) is 0 Å². The molecule has 2 unspecified atom stereocenters. The Kier molecular flexibility index (Phi) is 4.22. The van der Waals surface area contributed by atoms with E-state index in [0.717, 1.165) is 23.3 Å². The fourth-order valence-electron chi connectivity index (χ4n) is 2.56. The van der Waals surface area contributed by atoms with E-state index in [4.69, 9.17) is 9.15 Å². The number of rotatable bonds is 4. The molecule has 1 amide bonds. The number of fused-ring (bicyclic) bond motifs is 1. The lowest BCUT2D eigenvalue weighted by atomic mass is 10.1. The lowest BCUT2D eigenvalue weighted by Crippen LogP contribution is -2.44. The highest BCUT2D eigenvalue weighted by atomic mass is 16.5. The maximum atomic E-state index is 12.1. The number of amides is 1. The standard InChI is InChI=1S/C16H20N2O3/c1-11(15-8-12-4-2-3-5-14(12)21-15)18-16(19)9-13-10-20-7-6-17-13/h2-5,8,11,13,17H,6-7,9-10H2,1H3,(H,18,19). The Balaban J connectivity index is 1.59. The molecule has 0 saturated carbocycles. The van der Waals surface area contributed by atoms with Crippen LogP contribution >= 0.6 is 0 Å². The zero-order valence-electron chi connectivity index (χ0n) is 12.1. The van der Waals surface area contributed by atoms with Crippen molar-refractivity contribution in [3.63, 3.8) is 0 Å². The van der Waals surface area contributed by atoms with Crippen molar-refractivity contribution in [3.8, 4) is 0 Å². The second-order valence-corrected chi connectivity index (χ2v) is 5.41. The summed E-state index contributed by atoms with van der Waals surface area (Å²) in [6.07, 6.45) is 0.421. The fourth-order valence-corrected chi connectivity index (χ4v) is 2.56. The number of furan rings is 1. The van der Waals surface area contributed by atoms with Gasteiger partial charge < -0.3 is 19.8 Å². The van der Waals surface area contributed by atoms with E-state index in [1.54, 1.807) is 0 Å². The topological polar surface area (TPSA) is 63.5 Å². The summed E-state index contributed by atoms with van der Waals surface area (Å²) in [4.78, 5) is 12.1. The number of carbonyl (C=O) groups excluding carboxylic acids is 1. The highest BCUT2D eigenvalue weighted by Crippen LogP contribution is 2.23. The molecule has 2 atom stereocenters. The normalized spacial score (nSPS) is 20.3. The lowest BCUT2D eigenvalue weighted by Gasteiger charge is -2.23. The molecule has 3 rings (SSSR count).